The first kappa shape index (κ1) is 22.3. The van der Waals surface area contributed by atoms with Crippen LogP contribution in [0.1, 0.15) is 34.1 Å². The molecule has 2 heterocycles. The third-order valence-corrected chi connectivity index (χ3v) is 5.25. The second kappa shape index (κ2) is 10.1. The Bertz CT molecular complexity index is 1160. The quantitative estimate of drug-likeness (QED) is 0.537. The Morgan fingerprint density at radius 3 is 2.52 bits per heavy atom. The zero-order valence-corrected chi connectivity index (χ0v) is 18.2. The van der Waals surface area contributed by atoms with Gasteiger partial charge in [-0.3, -0.25) is 14.4 Å². The van der Waals surface area contributed by atoms with Crippen LogP contribution >= 0.6 is 11.6 Å². The number of carbonyl (C=O) groups is 3. The summed E-state index contributed by atoms with van der Waals surface area (Å²) in [7, 11) is 0. The van der Waals surface area contributed by atoms with Crippen molar-refractivity contribution in [3.8, 4) is 0 Å². The molecular formula is C24H20ClN3O5. The Kier molecular flexibility index (Phi) is 6.85. The molecule has 1 N–H and O–H groups in total. The van der Waals surface area contributed by atoms with Gasteiger partial charge in [-0.25, -0.2) is 5.01 Å². The van der Waals surface area contributed by atoms with E-state index in [0.29, 0.717) is 28.5 Å². The van der Waals surface area contributed by atoms with Crippen molar-refractivity contribution in [2.24, 2.45) is 5.10 Å². The van der Waals surface area contributed by atoms with E-state index in [0.717, 1.165) is 5.56 Å². The third-order valence-electron chi connectivity index (χ3n) is 5.00. The summed E-state index contributed by atoms with van der Waals surface area (Å²) in [6.45, 7) is -0.878. The van der Waals surface area contributed by atoms with E-state index in [1.807, 2.05) is 12.1 Å². The summed E-state index contributed by atoms with van der Waals surface area (Å²) >= 11 is 5.96. The van der Waals surface area contributed by atoms with Crippen LogP contribution in [0.2, 0.25) is 5.02 Å². The number of hydrogen-bond donors (Lipinski definition) is 1. The number of nitrogens with zero attached hydrogens (tertiary/aromatic N) is 2. The van der Waals surface area contributed by atoms with Gasteiger partial charge in [0.1, 0.15) is 18.3 Å². The normalized spacial score (nSPS) is 15.1. The molecule has 0 fully saturated rings. The fourth-order valence-corrected chi connectivity index (χ4v) is 3.49. The standard InChI is InChI=1S/C24H20ClN3O5/c25-18-10-8-16(9-11-18)19-13-20(21-7-4-12-32-21)28(27-19)22(29)15-33-23(30)14-26-24(31)17-5-2-1-3-6-17/h1-12,20H,13-15H2,(H,26,31)/t20-/m1/s1. The highest BCUT2D eigenvalue weighted by molar-refractivity contribution is 6.30. The monoisotopic (exact) mass is 465 g/mol. The largest absolute Gasteiger partial charge is 0.467 e. The molecule has 3 aromatic rings. The number of amides is 2. The maximum Gasteiger partial charge on any atom is 0.325 e. The number of carbonyl (C=O) groups excluding carboxylic acids is 3. The van der Waals surface area contributed by atoms with Gasteiger partial charge in [0.15, 0.2) is 6.61 Å². The first-order valence-electron chi connectivity index (χ1n) is 10.2. The van der Waals surface area contributed by atoms with Crippen LogP contribution in [0, 0.1) is 0 Å². The molecule has 1 atom stereocenters. The number of ether oxygens (including phenoxy) is 1. The zero-order valence-electron chi connectivity index (χ0n) is 17.4. The molecule has 1 aromatic heterocycles. The molecule has 0 saturated carbocycles. The van der Waals surface area contributed by atoms with Crippen molar-refractivity contribution in [2.45, 2.75) is 12.5 Å². The molecular weight excluding hydrogens is 446 g/mol. The van der Waals surface area contributed by atoms with Crippen molar-refractivity contribution in [3.05, 3.63) is 94.9 Å². The summed E-state index contributed by atoms with van der Waals surface area (Å²) in [5.41, 5.74) is 1.93. The molecule has 1 aliphatic heterocycles. The highest BCUT2D eigenvalue weighted by atomic mass is 35.5. The Labute approximate surface area is 194 Å². The SMILES string of the molecule is O=C(CNC(=O)c1ccccc1)OCC(=O)N1N=C(c2ccc(Cl)cc2)C[C@@H]1c1ccco1. The molecule has 0 spiro atoms. The van der Waals surface area contributed by atoms with Crippen molar-refractivity contribution in [2.75, 3.05) is 13.2 Å². The minimum atomic E-state index is -0.733. The molecule has 1 aliphatic rings. The van der Waals surface area contributed by atoms with Crippen LogP contribution in [0.25, 0.3) is 0 Å². The van der Waals surface area contributed by atoms with E-state index in [-0.39, 0.29) is 6.54 Å². The molecule has 0 bridgehead atoms. The molecule has 168 valence electrons. The van der Waals surface area contributed by atoms with Gasteiger partial charge in [-0.15, -0.1) is 0 Å². The van der Waals surface area contributed by atoms with Gasteiger partial charge in [-0.2, -0.15) is 5.10 Å². The van der Waals surface area contributed by atoms with Crippen LogP contribution < -0.4 is 5.32 Å². The number of benzene rings is 2. The number of furan rings is 1. The number of hydrazone groups is 1. The third kappa shape index (κ3) is 5.48. The van der Waals surface area contributed by atoms with Gasteiger partial charge >= 0.3 is 5.97 Å². The maximum atomic E-state index is 12.8. The molecule has 8 nitrogen and oxygen atoms in total. The lowest BCUT2D eigenvalue weighted by atomic mass is 10.0. The minimum absolute atomic E-state index is 0.359. The van der Waals surface area contributed by atoms with Crippen LogP contribution in [0.5, 0.6) is 0 Å². The van der Waals surface area contributed by atoms with Crippen molar-refractivity contribution in [1.82, 2.24) is 10.3 Å². The molecule has 0 unspecified atom stereocenters. The number of nitrogens with one attached hydrogen (secondary N) is 1. The van der Waals surface area contributed by atoms with Gasteiger partial charge in [0.25, 0.3) is 11.8 Å². The smallest absolute Gasteiger partial charge is 0.325 e. The highest BCUT2D eigenvalue weighted by Gasteiger charge is 2.35. The van der Waals surface area contributed by atoms with Gasteiger partial charge < -0.3 is 14.5 Å². The average molecular weight is 466 g/mol. The van der Waals surface area contributed by atoms with Crippen molar-refractivity contribution in [1.29, 1.82) is 0 Å². The van der Waals surface area contributed by atoms with E-state index in [4.69, 9.17) is 20.8 Å². The van der Waals surface area contributed by atoms with Gasteiger partial charge in [0, 0.05) is 17.0 Å². The average Bonchev–Trinajstić information content (AvgIpc) is 3.52. The number of esters is 1. The van der Waals surface area contributed by atoms with E-state index in [9.17, 15) is 14.4 Å². The van der Waals surface area contributed by atoms with Crippen LogP contribution in [0.4, 0.5) is 0 Å². The number of rotatable bonds is 7. The van der Waals surface area contributed by atoms with E-state index in [1.54, 1.807) is 54.6 Å². The fourth-order valence-electron chi connectivity index (χ4n) is 3.36. The Morgan fingerprint density at radius 1 is 1.06 bits per heavy atom. The van der Waals surface area contributed by atoms with Crippen molar-refractivity contribution in [3.63, 3.8) is 0 Å². The van der Waals surface area contributed by atoms with Crippen LogP contribution in [0.15, 0.2) is 82.5 Å². The number of hydrogen-bond acceptors (Lipinski definition) is 6. The van der Waals surface area contributed by atoms with E-state index >= 15 is 0 Å². The Balaban J connectivity index is 1.37. The molecule has 9 heteroatoms. The molecule has 2 amide bonds. The van der Waals surface area contributed by atoms with Crippen LogP contribution in [-0.4, -0.2) is 41.7 Å². The van der Waals surface area contributed by atoms with Crippen LogP contribution in [-0.2, 0) is 14.3 Å². The molecule has 0 radical (unpaired) electrons. The molecule has 4 rings (SSSR count). The van der Waals surface area contributed by atoms with Crippen molar-refractivity contribution >= 4 is 35.1 Å². The molecule has 2 aromatic carbocycles. The maximum absolute atomic E-state index is 12.8. The number of halogens is 1. The molecule has 0 saturated heterocycles. The van der Waals surface area contributed by atoms with E-state index < -0.39 is 30.4 Å². The summed E-state index contributed by atoms with van der Waals surface area (Å²) in [4.78, 5) is 36.9. The lowest BCUT2D eigenvalue weighted by molar-refractivity contribution is -0.152. The van der Waals surface area contributed by atoms with E-state index in [1.165, 1.54) is 11.3 Å². The van der Waals surface area contributed by atoms with Gasteiger partial charge in [0.2, 0.25) is 0 Å². The summed E-state index contributed by atoms with van der Waals surface area (Å²) in [5, 5.41) is 8.78. The predicted molar refractivity (Wildman–Crippen MR) is 121 cm³/mol. The second-order valence-corrected chi connectivity index (χ2v) is 7.67. The summed E-state index contributed by atoms with van der Waals surface area (Å²) < 4.78 is 10.6. The zero-order chi connectivity index (χ0) is 23.2. The van der Waals surface area contributed by atoms with Gasteiger partial charge in [-0.1, -0.05) is 41.9 Å². The van der Waals surface area contributed by atoms with Gasteiger partial charge in [0.05, 0.1) is 12.0 Å². The summed E-state index contributed by atoms with van der Waals surface area (Å²) in [6, 6.07) is 18.6. The van der Waals surface area contributed by atoms with Crippen LogP contribution in [0.3, 0.4) is 0 Å². The Hall–Kier alpha value is -3.91. The van der Waals surface area contributed by atoms with E-state index in [2.05, 4.69) is 10.4 Å². The first-order chi connectivity index (χ1) is 16.0. The van der Waals surface area contributed by atoms with Crippen molar-refractivity contribution < 1.29 is 23.5 Å². The second-order valence-electron chi connectivity index (χ2n) is 7.24. The summed E-state index contributed by atoms with van der Waals surface area (Å²) in [5.74, 6) is -1.09. The summed E-state index contributed by atoms with van der Waals surface area (Å²) in [6.07, 6.45) is 1.95. The lowest BCUT2D eigenvalue weighted by Crippen LogP contribution is -2.34. The van der Waals surface area contributed by atoms with Gasteiger partial charge in [-0.05, 0) is 42.0 Å². The predicted octanol–water partition coefficient (Wildman–Crippen LogP) is 3.58. The topological polar surface area (TPSA) is 101 Å². The highest BCUT2D eigenvalue weighted by Crippen LogP contribution is 2.33. The molecule has 0 aliphatic carbocycles. The molecule has 33 heavy (non-hydrogen) atoms. The lowest BCUT2D eigenvalue weighted by Gasteiger charge is -2.19. The first-order valence-corrected chi connectivity index (χ1v) is 10.6. The fraction of sp³-hybridized carbons (Fsp3) is 0.167. The Morgan fingerprint density at radius 2 is 1.82 bits per heavy atom. The minimum Gasteiger partial charge on any atom is -0.467 e.